The summed E-state index contributed by atoms with van der Waals surface area (Å²) in [7, 11) is 0. The van der Waals surface area contributed by atoms with E-state index in [4.69, 9.17) is 23.2 Å². The van der Waals surface area contributed by atoms with E-state index in [1.54, 1.807) is 24.5 Å². The average Bonchev–Trinajstić information content (AvgIpc) is 3.44. The largest absolute Gasteiger partial charge is 0.311 e. The monoisotopic (exact) mass is 481 g/mol. The van der Waals surface area contributed by atoms with Crippen LogP contribution in [-0.2, 0) is 11.2 Å². The van der Waals surface area contributed by atoms with E-state index in [1.165, 1.54) is 17.3 Å². The fraction of sp³-hybridized carbons (Fsp3) is 0.130. The van der Waals surface area contributed by atoms with Crippen LogP contribution < -0.4 is 4.90 Å². The number of thioether (sulfide) groups is 1. The molecule has 0 spiro atoms. The summed E-state index contributed by atoms with van der Waals surface area (Å²) in [6.07, 6.45) is 4.27. The van der Waals surface area contributed by atoms with Crippen LogP contribution in [0.1, 0.15) is 5.56 Å². The Morgan fingerprint density at radius 3 is 2.62 bits per heavy atom. The number of rotatable bonds is 5. The fourth-order valence-electron chi connectivity index (χ4n) is 3.71. The Hall–Kier alpha value is -2.87. The number of para-hydroxylation sites is 1. The van der Waals surface area contributed by atoms with E-state index in [2.05, 4.69) is 21.2 Å². The molecule has 0 fully saturated rings. The Morgan fingerprint density at radius 1 is 1.00 bits per heavy atom. The number of halogens is 2. The van der Waals surface area contributed by atoms with E-state index in [0.29, 0.717) is 27.6 Å². The van der Waals surface area contributed by atoms with Gasteiger partial charge in [0.05, 0.1) is 21.5 Å². The molecule has 0 N–H and O–H groups in total. The van der Waals surface area contributed by atoms with E-state index < -0.39 is 0 Å². The van der Waals surface area contributed by atoms with Crippen LogP contribution in [0.3, 0.4) is 0 Å². The van der Waals surface area contributed by atoms with Crippen molar-refractivity contribution in [2.75, 3.05) is 17.2 Å². The number of carbonyl (C=O) groups is 1. The lowest BCUT2D eigenvalue weighted by molar-refractivity contribution is -0.116. The summed E-state index contributed by atoms with van der Waals surface area (Å²) in [4.78, 5) is 18.9. The second-order valence-electron chi connectivity index (χ2n) is 7.19. The highest BCUT2D eigenvalue weighted by Gasteiger charge is 2.25. The molecule has 0 bridgehead atoms. The van der Waals surface area contributed by atoms with Crippen molar-refractivity contribution >= 4 is 46.6 Å². The lowest BCUT2D eigenvalue weighted by atomic mass is 10.2. The average molecular weight is 482 g/mol. The van der Waals surface area contributed by atoms with Gasteiger partial charge in [0.2, 0.25) is 5.91 Å². The van der Waals surface area contributed by atoms with Gasteiger partial charge in [-0.1, -0.05) is 53.2 Å². The van der Waals surface area contributed by atoms with E-state index >= 15 is 0 Å². The van der Waals surface area contributed by atoms with Crippen LogP contribution in [-0.4, -0.2) is 38.0 Å². The minimum Gasteiger partial charge on any atom is -0.311 e. The first-order chi connectivity index (χ1) is 15.6. The van der Waals surface area contributed by atoms with Crippen molar-refractivity contribution in [3.8, 4) is 17.1 Å². The molecular formula is C23H17Cl2N5OS. The van der Waals surface area contributed by atoms with E-state index in [9.17, 15) is 4.79 Å². The number of aromatic nitrogens is 4. The highest BCUT2D eigenvalue weighted by molar-refractivity contribution is 7.99. The molecule has 160 valence electrons. The highest BCUT2D eigenvalue weighted by atomic mass is 35.5. The van der Waals surface area contributed by atoms with Crippen molar-refractivity contribution in [3.05, 3.63) is 82.6 Å². The number of nitrogens with zero attached hydrogens (tertiary/aromatic N) is 5. The molecule has 2 aromatic carbocycles. The van der Waals surface area contributed by atoms with E-state index in [0.717, 1.165) is 23.4 Å². The number of anilines is 1. The maximum absolute atomic E-state index is 13.0. The van der Waals surface area contributed by atoms with Crippen LogP contribution in [0, 0.1) is 0 Å². The minimum absolute atomic E-state index is 0.0362. The molecule has 0 saturated heterocycles. The quantitative estimate of drug-likeness (QED) is 0.361. The summed E-state index contributed by atoms with van der Waals surface area (Å²) < 4.78 is 1.88. The zero-order valence-corrected chi connectivity index (χ0v) is 19.1. The van der Waals surface area contributed by atoms with Gasteiger partial charge >= 0.3 is 0 Å². The number of benzene rings is 2. The molecule has 0 atom stereocenters. The van der Waals surface area contributed by atoms with Crippen molar-refractivity contribution in [1.82, 2.24) is 19.7 Å². The first kappa shape index (κ1) is 21.0. The Labute approximate surface area is 199 Å². The van der Waals surface area contributed by atoms with Crippen LogP contribution in [0.4, 0.5) is 5.69 Å². The zero-order chi connectivity index (χ0) is 22.1. The molecule has 2 aromatic heterocycles. The summed E-state index contributed by atoms with van der Waals surface area (Å²) in [5.74, 6) is 0.908. The van der Waals surface area contributed by atoms with Gasteiger partial charge in [0.25, 0.3) is 0 Å². The normalized spacial score (nSPS) is 12.8. The maximum atomic E-state index is 13.0. The standard InChI is InChI=1S/C23H17Cl2N5OS/c24-18-6-5-17(13-19(18)25)30-22(16-7-10-26-11-8-16)27-28-23(30)32-14-21(31)29-12-9-15-3-1-2-4-20(15)29/h1-8,10-11,13H,9,12,14H2. The number of carbonyl (C=O) groups excluding carboxylic acids is 1. The maximum Gasteiger partial charge on any atom is 0.237 e. The first-order valence-electron chi connectivity index (χ1n) is 9.94. The predicted octanol–water partition coefficient (Wildman–Crippen LogP) is 5.32. The summed E-state index contributed by atoms with van der Waals surface area (Å²) >= 11 is 13.7. The molecule has 0 aliphatic carbocycles. The molecule has 1 aliphatic rings. The number of hydrogen-bond donors (Lipinski definition) is 0. The SMILES string of the molecule is O=C(CSc1nnc(-c2ccncc2)n1-c1ccc(Cl)c(Cl)c1)N1CCc2ccccc21. The molecule has 0 saturated carbocycles. The lowest BCUT2D eigenvalue weighted by Gasteiger charge is -2.17. The summed E-state index contributed by atoms with van der Waals surface area (Å²) in [6.45, 7) is 0.695. The van der Waals surface area contributed by atoms with E-state index in [-0.39, 0.29) is 11.7 Å². The van der Waals surface area contributed by atoms with Gasteiger partial charge in [-0.3, -0.25) is 14.3 Å². The van der Waals surface area contributed by atoms with Crippen molar-refractivity contribution in [2.45, 2.75) is 11.6 Å². The summed E-state index contributed by atoms with van der Waals surface area (Å²) in [5, 5.41) is 10.2. The molecule has 9 heteroatoms. The van der Waals surface area contributed by atoms with Gasteiger partial charge in [0, 0.05) is 30.2 Å². The second kappa shape index (κ2) is 8.94. The third-order valence-corrected chi connectivity index (χ3v) is 6.90. The third-order valence-electron chi connectivity index (χ3n) is 5.25. The lowest BCUT2D eigenvalue weighted by Crippen LogP contribution is -2.30. The molecule has 4 aromatic rings. The van der Waals surface area contributed by atoms with Gasteiger partial charge in [0.1, 0.15) is 0 Å². The highest BCUT2D eigenvalue weighted by Crippen LogP contribution is 2.32. The number of hydrogen-bond acceptors (Lipinski definition) is 5. The topological polar surface area (TPSA) is 63.9 Å². The molecule has 1 amide bonds. The van der Waals surface area contributed by atoms with Gasteiger partial charge < -0.3 is 4.90 Å². The van der Waals surface area contributed by atoms with Crippen molar-refractivity contribution in [1.29, 1.82) is 0 Å². The van der Waals surface area contributed by atoms with Gasteiger partial charge in [-0.05, 0) is 48.4 Å². The third kappa shape index (κ3) is 3.99. The molecule has 1 aliphatic heterocycles. The van der Waals surface area contributed by atoms with Crippen molar-refractivity contribution in [3.63, 3.8) is 0 Å². The molecular weight excluding hydrogens is 465 g/mol. The number of amides is 1. The van der Waals surface area contributed by atoms with E-state index in [1.807, 2.05) is 45.9 Å². The summed E-state index contributed by atoms with van der Waals surface area (Å²) in [6, 6.07) is 17.1. The molecule has 5 rings (SSSR count). The summed E-state index contributed by atoms with van der Waals surface area (Å²) in [5.41, 5.74) is 3.80. The molecule has 0 unspecified atom stereocenters. The van der Waals surface area contributed by atoms with Gasteiger partial charge in [-0.25, -0.2) is 0 Å². The Kier molecular flexibility index (Phi) is 5.87. The van der Waals surface area contributed by atoms with Gasteiger partial charge in [-0.2, -0.15) is 0 Å². The first-order valence-corrected chi connectivity index (χ1v) is 11.7. The van der Waals surface area contributed by atoms with Gasteiger partial charge in [-0.15, -0.1) is 10.2 Å². The molecule has 6 nitrogen and oxygen atoms in total. The van der Waals surface area contributed by atoms with Crippen LogP contribution >= 0.6 is 35.0 Å². The fourth-order valence-corrected chi connectivity index (χ4v) is 4.83. The van der Waals surface area contributed by atoms with Crippen LogP contribution in [0.25, 0.3) is 17.1 Å². The Bertz CT molecular complexity index is 1290. The second-order valence-corrected chi connectivity index (χ2v) is 8.95. The molecule has 32 heavy (non-hydrogen) atoms. The number of pyridine rings is 1. The van der Waals surface area contributed by atoms with Crippen molar-refractivity contribution < 1.29 is 4.79 Å². The van der Waals surface area contributed by atoms with Crippen LogP contribution in [0.5, 0.6) is 0 Å². The van der Waals surface area contributed by atoms with Gasteiger partial charge in [0.15, 0.2) is 11.0 Å². The number of fused-ring (bicyclic) bond motifs is 1. The minimum atomic E-state index is 0.0362. The van der Waals surface area contributed by atoms with Crippen LogP contribution in [0.2, 0.25) is 10.0 Å². The predicted molar refractivity (Wildman–Crippen MR) is 128 cm³/mol. The molecule has 3 heterocycles. The Morgan fingerprint density at radius 2 is 1.81 bits per heavy atom. The molecule has 0 radical (unpaired) electrons. The Balaban J connectivity index is 1.46. The van der Waals surface area contributed by atoms with Crippen molar-refractivity contribution in [2.24, 2.45) is 0 Å². The zero-order valence-electron chi connectivity index (χ0n) is 16.8. The smallest absolute Gasteiger partial charge is 0.237 e. The van der Waals surface area contributed by atoms with Crippen LogP contribution in [0.15, 0.2) is 72.1 Å².